The summed E-state index contributed by atoms with van der Waals surface area (Å²) in [5.74, 6) is -0.984. The Kier molecular flexibility index (Phi) is 6.01. The Morgan fingerprint density at radius 3 is 2.61 bits per heavy atom. The molecule has 0 aliphatic carbocycles. The molecule has 2 heterocycles. The fourth-order valence-electron chi connectivity index (χ4n) is 3.43. The number of aromatic nitrogens is 2. The molecule has 0 saturated heterocycles. The summed E-state index contributed by atoms with van der Waals surface area (Å²) in [7, 11) is 0. The molecule has 1 unspecified atom stereocenters. The lowest BCUT2D eigenvalue weighted by molar-refractivity contribution is 0.526. The highest BCUT2D eigenvalue weighted by atomic mass is 32.2. The molecule has 3 aromatic rings. The average molecular weight is 459 g/mol. The number of hydrogen-bond donors (Lipinski definition) is 2. The lowest BCUT2D eigenvalue weighted by atomic mass is 9.99. The van der Waals surface area contributed by atoms with E-state index in [1.54, 1.807) is 5.01 Å². The van der Waals surface area contributed by atoms with Crippen LogP contribution in [-0.4, -0.2) is 21.1 Å². The Morgan fingerprint density at radius 2 is 1.94 bits per heavy atom. The summed E-state index contributed by atoms with van der Waals surface area (Å²) in [6, 6.07) is 13.1. The van der Waals surface area contributed by atoms with Crippen LogP contribution in [0.3, 0.4) is 0 Å². The average Bonchev–Trinajstić information content (AvgIpc) is 3.34. The molecule has 2 aromatic carbocycles. The van der Waals surface area contributed by atoms with Crippen molar-refractivity contribution in [2.24, 2.45) is 10.8 Å². The number of hydrazone groups is 1. The molecule has 160 valence electrons. The molecule has 1 atom stereocenters. The van der Waals surface area contributed by atoms with Gasteiger partial charge in [0.1, 0.15) is 26.6 Å². The minimum absolute atomic E-state index is 0.0978. The number of nitrogens with two attached hydrogens (primary N) is 1. The van der Waals surface area contributed by atoms with E-state index in [1.165, 1.54) is 23.1 Å². The smallest absolute Gasteiger partial charge is 0.230 e. The second-order valence-corrected chi connectivity index (χ2v) is 9.50. The van der Waals surface area contributed by atoms with Crippen LogP contribution in [0.4, 0.5) is 13.9 Å². The molecule has 10 heteroatoms. The molecule has 0 fully saturated rings. The highest BCUT2D eigenvalue weighted by Crippen LogP contribution is 2.52. The first-order chi connectivity index (χ1) is 14.9. The van der Waals surface area contributed by atoms with E-state index >= 15 is 0 Å². The van der Waals surface area contributed by atoms with E-state index in [-0.39, 0.29) is 11.4 Å². The van der Waals surface area contributed by atoms with Crippen LogP contribution >= 0.6 is 23.1 Å². The van der Waals surface area contributed by atoms with E-state index in [0.717, 1.165) is 28.8 Å². The van der Waals surface area contributed by atoms with Gasteiger partial charge in [0.2, 0.25) is 5.13 Å². The largest absolute Gasteiger partial charge is 0.388 e. The Bertz CT molecular complexity index is 1130. The van der Waals surface area contributed by atoms with Crippen LogP contribution in [0.5, 0.6) is 0 Å². The van der Waals surface area contributed by atoms with Crippen LogP contribution in [-0.2, 0) is 4.87 Å². The highest BCUT2D eigenvalue weighted by Gasteiger charge is 2.47. The lowest BCUT2D eigenvalue weighted by Gasteiger charge is -2.35. The van der Waals surface area contributed by atoms with Crippen LogP contribution in [0.1, 0.15) is 35.4 Å². The number of nitrogens with zero attached hydrogens (tertiary/aromatic N) is 4. The fraction of sp³-hybridized carbons (Fsp3) is 0.238. The molecule has 3 N–H and O–H groups in total. The second-order valence-electron chi connectivity index (χ2n) is 7.08. The van der Waals surface area contributed by atoms with Gasteiger partial charge in [-0.3, -0.25) is 5.41 Å². The van der Waals surface area contributed by atoms with E-state index < -0.39 is 16.5 Å². The van der Waals surface area contributed by atoms with Crippen LogP contribution < -0.4 is 10.7 Å². The monoisotopic (exact) mass is 458 g/mol. The first-order valence-electron chi connectivity index (χ1n) is 9.61. The van der Waals surface area contributed by atoms with Crippen molar-refractivity contribution in [1.82, 2.24) is 10.2 Å². The molecule has 1 aliphatic heterocycles. The van der Waals surface area contributed by atoms with Crippen molar-refractivity contribution in [3.05, 3.63) is 76.3 Å². The van der Waals surface area contributed by atoms with E-state index in [4.69, 9.17) is 16.2 Å². The zero-order chi connectivity index (χ0) is 22.0. The number of hydrogen-bond acceptors (Lipinski definition) is 7. The van der Waals surface area contributed by atoms with Gasteiger partial charge in [-0.15, -0.1) is 10.2 Å². The van der Waals surface area contributed by atoms with Crippen LogP contribution in [0.15, 0.2) is 53.6 Å². The SMILES string of the molecule is Cc1nnc(N2N=C(c3cc(F)ccc3F)SC2(CCCC(=N)N)c2ccccc2)s1. The van der Waals surface area contributed by atoms with Crippen molar-refractivity contribution in [2.45, 2.75) is 31.1 Å². The zero-order valence-electron chi connectivity index (χ0n) is 16.7. The van der Waals surface area contributed by atoms with Crippen molar-refractivity contribution in [3.63, 3.8) is 0 Å². The number of nitrogens with one attached hydrogen (secondary N) is 1. The van der Waals surface area contributed by atoms with E-state index in [2.05, 4.69) is 10.2 Å². The molecule has 0 amide bonds. The van der Waals surface area contributed by atoms with Crippen molar-refractivity contribution < 1.29 is 8.78 Å². The van der Waals surface area contributed by atoms with E-state index in [9.17, 15) is 8.78 Å². The molecule has 1 aliphatic rings. The number of benzene rings is 2. The fourth-order valence-corrected chi connectivity index (χ4v) is 5.63. The number of rotatable bonds is 7. The van der Waals surface area contributed by atoms with E-state index in [1.807, 2.05) is 37.3 Å². The summed E-state index contributed by atoms with van der Waals surface area (Å²) in [5, 5.41) is 24.1. The summed E-state index contributed by atoms with van der Waals surface area (Å²) in [6.45, 7) is 1.85. The maximum absolute atomic E-state index is 14.6. The third kappa shape index (κ3) is 4.31. The van der Waals surface area contributed by atoms with Crippen molar-refractivity contribution in [1.29, 1.82) is 5.41 Å². The standard InChI is InChI=1S/C21H20F2N6S2/c1-13-26-27-20(30-13)29-21(11-5-8-18(24)25,14-6-3-2-4-7-14)31-19(28-29)16-12-15(22)9-10-17(16)23/h2-4,6-7,9-10,12H,5,8,11H2,1H3,(H3,24,25). The summed E-state index contributed by atoms with van der Waals surface area (Å²) in [6.07, 6.45) is 1.59. The highest BCUT2D eigenvalue weighted by molar-refractivity contribution is 8.15. The van der Waals surface area contributed by atoms with Gasteiger partial charge in [-0.25, -0.2) is 13.8 Å². The van der Waals surface area contributed by atoms with Gasteiger partial charge in [0.15, 0.2) is 0 Å². The predicted octanol–water partition coefficient (Wildman–Crippen LogP) is 5.00. The van der Waals surface area contributed by atoms with Gasteiger partial charge in [0.05, 0.1) is 5.84 Å². The van der Waals surface area contributed by atoms with Gasteiger partial charge in [0.25, 0.3) is 0 Å². The Morgan fingerprint density at radius 1 is 1.16 bits per heavy atom. The predicted molar refractivity (Wildman–Crippen MR) is 121 cm³/mol. The van der Waals surface area contributed by atoms with Crippen LogP contribution in [0.2, 0.25) is 0 Å². The Hall–Kier alpha value is -2.85. The van der Waals surface area contributed by atoms with E-state index in [0.29, 0.717) is 29.4 Å². The number of thioether (sulfide) groups is 1. The summed E-state index contributed by atoms with van der Waals surface area (Å²) in [5.41, 5.74) is 6.62. The number of amidine groups is 1. The number of aryl methyl sites for hydroxylation is 1. The van der Waals surface area contributed by atoms with Crippen molar-refractivity contribution in [2.75, 3.05) is 5.01 Å². The summed E-state index contributed by atoms with van der Waals surface area (Å²) < 4.78 is 28.5. The Balaban J connectivity index is 1.85. The minimum atomic E-state index is -0.767. The molecule has 6 nitrogen and oxygen atoms in total. The maximum Gasteiger partial charge on any atom is 0.230 e. The molecule has 0 spiro atoms. The third-order valence-electron chi connectivity index (χ3n) is 4.84. The zero-order valence-corrected chi connectivity index (χ0v) is 18.3. The molecule has 1 aromatic heterocycles. The van der Waals surface area contributed by atoms with Crippen molar-refractivity contribution >= 4 is 39.1 Å². The first-order valence-corrected chi connectivity index (χ1v) is 11.2. The second kappa shape index (κ2) is 8.72. The minimum Gasteiger partial charge on any atom is -0.388 e. The van der Waals surface area contributed by atoms with Crippen molar-refractivity contribution in [3.8, 4) is 0 Å². The number of anilines is 1. The molecule has 0 bridgehead atoms. The third-order valence-corrected chi connectivity index (χ3v) is 7.10. The first kappa shape index (κ1) is 21.4. The summed E-state index contributed by atoms with van der Waals surface area (Å²) >= 11 is 2.72. The molecule has 31 heavy (non-hydrogen) atoms. The Labute approximate surface area is 186 Å². The van der Waals surface area contributed by atoms with Gasteiger partial charge in [0, 0.05) is 12.0 Å². The normalized spacial score (nSPS) is 18.3. The van der Waals surface area contributed by atoms with Gasteiger partial charge in [-0.05, 0) is 43.5 Å². The molecular weight excluding hydrogens is 438 g/mol. The van der Waals surface area contributed by atoms with Crippen LogP contribution in [0, 0.1) is 24.0 Å². The topological polar surface area (TPSA) is 91.2 Å². The molecule has 4 rings (SSSR count). The van der Waals surface area contributed by atoms with Gasteiger partial charge < -0.3 is 5.73 Å². The molecule has 0 saturated carbocycles. The maximum atomic E-state index is 14.6. The molecular formula is C21H20F2N6S2. The quantitative estimate of drug-likeness (QED) is 0.384. The molecule has 0 radical (unpaired) electrons. The number of halogens is 2. The summed E-state index contributed by atoms with van der Waals surface area (Å²) in [4.78, 5) is -0.767. The van der Waals surface area contributed by atoms with Gasteiger partial charge in [-0.1, -0.05) is 53.4 Å². The van der Waals surface area contributed by atoms with Crippen LogP contribution in [0.25, 0.3) is 0 Å². The van der Waals surface area contributed by atoms with Gasteiger partial charge >= 0.3 is 0 Å². The lowest BCUT2D eigenvalue weighted by Crippen LogP contribution is -2.37. The van der Waals surface area contributed by atoms with Gasteiger partial charge in [-0.2, -0.15) is 5.10 Å².